The van der Waals surface area contributed by atoms with Gasteiger partial charge in [0.05, 0.1) is 19.5 Å². The quantitative estimate of drug-likeness (QED) is 0.201. The predicted octanol–water partition coefficient (Wildman–Crippen LogP) is 5.93. The van der Waals surface area contributed by atoms with E-state index >= 15 is 0 Å². The summed E-state index contributed by atoms with van der Waals surface area (Å²) in [6, 6.07) is 13.8. The molecule has 1 amide bonds. The van der Waals surface area contributed by atoms with Crippen LogP contribution in [0.1, 0.15) is 68.6 Å². The van der Waals surface area contributed by atoms with Crippen molar-refractivity contribution in [1.82, 2.24) is 0 Å². The highest BCUT2D eigenvalue weighted by Gasteiger charge is 2.43. The Hall–Kier alpha value is -3.10. The molecule has 0 bridgehead atoms. The van der Waals surface area contributed by atoms with Gasteiger partial charge in [0.1, 0.15) is 12.3 Å². The van der Waals surface area contributed by atoms with Gasteiger partial charge in [0.2, 0.25) is 0 Å². The number of unbranched alkanes of at least 4 members (excludes halogenated alkanes) is 1. The van der Waals surface area contributed by atoms with Crippen LogP contribution in [0.15, 0.2) is 42.5 Å². The topological polar surface area (TPSA) is 55.4 Å². The number of hydrogen-bond donors (Lipinski definition) is 1. The number of amides is 1. The molecule has 1 aliphatic heterocycles. The summed E-state index contributed by atoms with van der Waals surface area (Å²) < 4.78 is 6.17. The first kappa shape index (κ1) is 26.5. The molecule has 0 radical (unpaired) electrons. The summed E-state index contributed by atoms with van der Waals surface area (Å²) in [5.41, 5.74) is 4.27. The maximum absolute atomic E-state index is 13.7. The van der Waals surface area contributed by atoms with Crippen molar-refractivity contribution in [3.05, 3.63) is 59.2 Å². The van der Waals surface area contributed by atoms with Crippen molar-refractivity contribution >= 4 is 17.6 Å². The molecule has 1 aliphatic rings. The molecule has 1 saturated heterocycles. The van der Waals surface area contributed by atoms with E-state index in [2.05, 4.69) is 18.2 Å². The molecule has 0 aliphatic carbocycles. The molecule has 0 aromatic heterocycles. The van der Waals surface area contributed by atoms with Crippen LogP contribution in [-0.2, 0) is 16.1 Å². The summed E-state index contributed by atoms with van der Waals surface area (Å²) >= 11 is 0. The van der Waals surface area contributed by atoms with Crippen molar-refractivity contribution in [3.8, 4) is 18.1 Å². The van der Waals surface area contributed by atoms with Crippen LogP contribution in [0.5, 0.6) is 5.75 Å². The molecule has 0 spiro atoms. The number of terminal acetylenes is 1. The zero-order chi connectivity index (χ0) is 25.3. The molecular weight excluding hydrogens is 436 g/mol. The molecule has 5 nitrogen and oxygen atoms in total. The summed E-state index contributed by atoms with van der Waals surface area (Å²) in [7, 11) is 0. The van der Waals surface area contributed by atoms with Crippen LogP contribution in [-0.4, -0.2) is 35.5 Å². The van der Waals surface area contributed by atoms with E-state index < -0.39 is 0 Å². The molecule has 35 heavy (non-hydrogen) atoms. The fourth-order valence-electron chi connectivity index (χ4n) is 5.18. The van der Waals surface area contributed by atoms with Gasteiger partial charge >= 0.3 is 5.97 Å². The van der Waals surface area contributed by atoms with E-state index in [1.54, 1.807) is 0 Å². The zero-order valence-electron chi connectivity index (χ0n) is 21.4. The van der Waals surface area contributed by atoms with E-state index in [4.69, 9.17) is 11.2 Å². The summed E-state index contributed by atoms with van der Waals surface area (Å²) in [4.78, 5) is 25.6. The minimum Gasteiger partial charge on any atom is -0.427 e. The van der Waals surface area contributed by atoms with Gasteiger partial charge in [-0.2, -0.15) is 0 Å². The maximum atomic E-state index is 13.7. The number of esters is 1. The first-order valence-electron chi connectivity index (χ1n) is 12.8. The smallest absolute Gasteiger partial charge is 0.312 e. The van der Waals surface area contributed by atoms with E-state index in [9.17, 15) is 9.59 Å². The average molecular weight is 476 g/mol. The minimum absolute atomic E-state index is 0.0874. The number of quaternary nitrogens is 1. The van der Waals surface area contributed by atoms with Crippen LogP contribution >= 0.6 is 0 Å². The number of benzene rings is 2. The van der Waals surface area contributed by atoms with E-state index in [1.807, 2.05) is 56.3 Å². The molecule has 186 valence electrons. The molecule has 1 heterocycles. The SMILES string of the molecule is C#CCCC(=O)Oc1ccc(C[N+]2(CCCC)CCCCC2C(=O)Nc2c(C)cccc2C)cc1. The fraction of sp³-hybridized carbons (Fsp3) is 0.467. The summed E-state index contributed by atoms with van der Waals surface area (Å²) in [6.45, 7) is 9.05. The fourth-order valence-corrected chi connectivity index (χ4v) is 5.18. The summed E-state index contributed by atoms with van der Waals surface area (Å²) in [5.74, 6) is 2.79. The normalized spacial score (nSPS) is 19.5. The summed E-state index contributed by atoms with van der Waals surface area (Å²) in [6.07, 6.45) is 11.1. The Morgan fingerprint density at radius 1 is 1.11 bits per heavy atom. The molecule has 2 aromatic rings. The minimum atomic E-state index is -0.318. The lowest BCUT2D eigenvalue weighted by Gasteiger charge is -2.47. The van der Waals surface area contributed by atoms with Gasteiger partial charge in [-0.05, 0) is 68.5 Å². The molecule has 3 rings (SSSR count). The molecule has 1 N–H and O–H groups in total. The van der Waals surface area contributed by atoms with Crippen LogP contribution in [0.3, 0.4) is 0 Å². The van der Waals surface area contributed by atoms with Crippen molar-refractivity contribution in [1.29, 1.82) is 0 Å². The van der Waals surface area contributed by atoms with Gasteiger partial charge < -0.3 is 14.5 Å². The number of nitrogens with zero attached hydrogens (tertiary/aromatic N) is 1. The van der Waals surface area contributed by atoms with Gasteiger partial charge in [-0.25, -0.2) is 0 Å². The van der Waals surface area contributed by atoms with Crippen LogP contribution < -0.4 is 10.1 Å². The number of carbonyl (C=O) groups excluding carboxylic acids is 2. The Balaban J connectivity index is 1.80. The number of ether oxygens (including phenoxy) is 1. The third-order valence-electron chi connectivity index (χ3n) is 7.11. The first-order valence-corrected chi connectivity index (χ1v) is 12.8. The van der Waals surface area contributed by atoms with Gasteiger partial charge in [0, 0.05) is 24.1 Å². The number of para-hydroxylation sites is 1. The van der Waals surface area contributed by atoms with E-state index in [0.717, 1.165) is 78.6 Å². The molecule has 1 fully saturated rings. The van der Waals surface area contributed by atoms with Gasteiger partial charge in [-0.1, -0.05) is 31.5 Å². The van der Waals surface area contributed by atoms with Gasteiger partial charge in [0.25, 0.3) is 5.91 Å². The molecule has 0 saturated carbocycles. The van der Waals surface area contributed by atoms with Crippen molar-refractivity contribution in [2.75, 3.05) is 18.4 Å². The highest BCUT2D eigenvalue weighted by Crippen LogP contribution is 2.32. The number of rotatable bonds is 10. The first-order chi connectivity index (χ1) is 16.9. The zero-order valence-corrected chi connectivity index (χ0v) is 21.4. The van der Waals surface area contributed by atoms with Crippen molar-refractivity contribution in [2.24, 2.45) is 0 Å². The molecular formula is C30H39N2O3+. The van der Waals surface area contributed by atoms with E-state index in [0.29, 0.717) is 12.2 Å². The summed E-state index contributed by atoms with van der Waals surface area (Å²) in [5, 5.41) is 3.29. The maximum Gasteiger partial charge on any atom is 0.312 e. The number of nitrogens with one attached hydrogen (secondary N) is 1. The number of hydrogen-bond acceptors (Lipinski definition) is 3. The Bertz CT molecular complexity index is 1030. The largest absolute Gasteiger partial charge is 0.427 e. The molecule has 2 unspecified atom stereocenters. The number of anilines is 1. The Labute approximate surface area is 210 Å². The second-order valence-corrected chi connectivity index (χ2v) is 9.77. The molecule has 2 aromatic carbocycles. The lowest BCUT2D eigenvalue weighted by Crippen LogP contribution is -2.62. The lowest BCUT2D eigenvalue weighted by molar-refractivity contribution is -0.959. The van der Waals surface area contributed by atoms with Crippen molar-refractivity contribution < 1.29 is 18.8 Å². The number of aryl methyl sites for hydroxylation is 2. The van der Waals surface area contributed by atoms with Crippen molar-refractivity contribution in [3.63, 3.8) is 0 Å². The molecule has 5 heteroatoms. The van der Waals surface area contributed by atoms with Crippen LogP contribution in [0.4, 0.5) is 5.69 Å². The highest BCUT2D eigenvalue weighted by molar-refractivity contribution is 5.95. The number of likely N-dealkylation sites (tertiary alicyclic amines) is 1. The lowest BCUT2D eigenvalue weighted by atomic mass is 9.94. The Morgan fingerprint density at radius 3 is 2.49 bits per heavy atom. The van der Waals surface area contributed by atoms with Crippen LogP contribution in [0, 0.1) is 26.2 Å². The Morgan fingerprint density at radius 2 is 1.83 bits per heavy atom. The predicted molar refractivity (Wildman–Crippen MR) is 141 cm³/mol. The van der Waals surface area contributed by atoms with Gasteiger partial charge in [-0.3, -0.25) is 9.59 Å². The average Bonchev–Trinajstić information content (AvgIpc) is 2.85. The second kappa shape index (κ2) is 12.6. The van der Waals surface area contributed by atoms with Crippen LogP contribution in [0.25, 0.3) is 0 Å². The monoisotopic (exact) mass is 475 g/mol. The third kappa shape index (κ3) is 6.96. The highest BCUT2D eigenvalue weighted by atomic mass is 16.5. The Kier molecular flexibility index (Phi) is 9.51. The second-order valence-electron chi connectivity index (χ2n) is 9.77. The number of piperidine rings is 1. The number of carbonyl (C=O) groups is 2. The third-order valence-corrected chi connectivity index (χ3v) is 7.11. The standard InChI is InChI=1S/C30H38N2O3/c1-5-7-15-28(33)35-26-18-16-25(17-19-26)22-32(20-8-6-2)21-10-9-14-27(32)30(34)31-29-23(3)12-11-13-24(29)4/h1,11-13,16-19,27H,6-10,14-15,20-22H2,2-4H3/p+1. The molecule has 2 atom stereocenters. The van der Waals surface area contributed by atoms with E-state index in [1.165, 1.54) is 0 Å². The van der Waals surface area contributed by atoms with Gasteiger partial charge in [-0.15, -0.1) is 12.3 Å². The van der Waals surface area contributed by atoms with Gasteiger partial charge in [0.15, 0.2) is 6.04 Å². The van der Waals surface area contributed by atoms with Crippen molar-refractivity contribution in [2.45, 2.75) is 78.3 Å². The van der Waals surface area contributed by atoms with E-state index in [-0.39, 0.29) is 24.3 Å². The van der Waals surface area contributed by atoms with Crippen LogP contribution in [0.2, 0.25) is 0 Å².